The van der Waals surface area contributed by atoms with Gasteiger partial charge in [-0.1, -0.05) is 45.0 Å². The maximum Gasteiger partial charge on any atom is 0.320 e. The van der Waals surface area contributed by atoms with Crippen molar-refractivity contribution >= 4 is 23.4 Å². The van der Waals surface area contributed by atoms with Gasteiger partial charge in [0.2, 0.25) is 5.95 Å². The fourth-order valence-electron chi connectivity index (χ4n) is 8.16. The number of hydrogen-bond acceptors (Lipinski definition) is 8. The molecule has 0 unspecified atom stereocenters. The van der Waals surface area contributed by atoms with Gasteiger partial charge in [0.25, 0.3) is 0 Å². The van der Waals surface area contributed by atoms with E-state index in [1.54, 1.807) is 10.7 Å². The molecule has 2 fully saturated rings. The largest absolute Gasteiger partial charge is 0.484 e. The zero-order valence-corrected chi connectivity index (χ0v) is 32.6. The molecule has 0 radical (unpaired) electrons. The molecule has 2 saturated heterocycles. The molecule has 2 aromatic carbocycles. The third kappa shape index (κ3) is 8.04. The number of anilines is 2. The molecule has 1 aliphatic carbocycles. The van der Waals surface area contributed by atoms with E-state index in [1.807, 2.05) is 47.0 Å². The molecule has 2 N–H and O–H groups in total. The van der Waals surface area contributed by atoms with Crippen LogP contribution >= 0.6 is 0 Å². The number of nitrogens with one attached hydrogen (secondary N) is 2. The number of carbonyl (C=O) groups excluding carboxylic acids is 1. The molecule has 3 aromatic heterocycles. The summed E-state index contributed by atoms with van der Waals surface area (Å²) < 4.78 is 25.5. The highest BCUT2D eigenvalue weighted by molar-refractivity contribution is 5.89. The molecule has 0 bridgehead atoms. The van der Waals surface area contributed by atoms with Crippen LogP contribution in [0.15, 0.2) is 66.9 Å². The van der Waals surface area contributed by atoms with Crippen molar-refractivity contribution in [3.63, 3.8) is 0 Å². The molecule has 2 amide bonds. The second-order valence-electron chi connectivity index (χ2n) is 16.6. The standard InChI is InChI=1S/C42H53FN10O2/c1-28-10-8-9-17-51(28)41-47-46-38-16-13-32(27-52(38)41)55-36-15-14-35(33-11-6-7-12-34(33)36)44-40(54)45-39-25-37(42(2,3)4)48-53(39)31-23-29(22-30(43)24-31)26-50-20-18-49(5)19-21-50/h6-7,11-13,16,22-25,27-28,35-36H,8-10,14-15,17-21,26H2,1-5H3,(H2,44,45,54)/t28-,35-,36+/m0/s1. The van der Waals surface area contributed by atoms with Crippen LogP contribution in [0.5, 0.6) is 5.75 Å². The van der Waals surface area contributed by atoms with Crippen LogP contribution in [0.2, 0.25) is 0 Å². The molecule has 3 aliphatic rings. The summed E-state index contributed by atoms with van der Waals surface area (Å²) in [5, 5.41) is 20.2. The minimum absolute atomic E-state index is 0.188. The lowest BCUT2D eigenvalue weighted by Gasteiger charge is -2.33. The van der Waals surface area contributed by atoms with Crippen molar-refractivity contribution in [1.82, 2.24) is 39.5 Å². The summed E-state index contributed by atoms with van der Waals surface area (Å²) >= 11 is 0. The van der Waals surface area contributed by atoms with Gasteiger partial charge in [0.05, 0.1) is 23.6 Å². The van der Waals surface area contributed by atoms with E-state index < -0.39 is 0 Å². The van der Waals surface area contributed by atoms with Gasteiger partial charge in [0.15, 0.2) is 5.65 Å². The fourth-order valence-corrected chi connectivity index (χ4v) is 8.16. The van der Waals surface area contributed by atoms with Crippen LogP contribution in [0, 0.1) is 5.82 Å². The van der Waals surface area contributed by atoms with Crippen LogP contribution < -0.4 is 20.3 Å². The van der Waals surface area contributed by atoms with Crippen LogP contribution in [-0.2, 0) is 12.0 Å². The number of amides is 2. The van der Waals surface area contributed by atoms with Crippen LogP contribution in [0.1, 0.15) is 94.3 Å². The summed E-state index contributed by atoms with van der Waals surface area (Å²) in [7, 11) is 2.12. The van der Waals surface area contributed by atoms with Crippen molar-refractivity contribution in [2.75, 3.05) is 50.0 Å². The summed E-state index contributed by atoms with van der Waals surface area (Å²) in [5.74, 6) is 1.74. The van der Waals surface area contributed by atoms with E-state index in [2.05, 4.69) is 82.4 Å². The number of fused-ring (bicyclic) bond motifs is 2. The van der Waals surface area contributed by atoms with Crippen molar-refractivity contribution < 1.29 is 13.9 Å². The van der Waals surface area contributed by atoms with Gasteiger partial charge in [-0.2, -0.15) is 5.10 Å². The first kappa shape index (κ1) is 36.9. The lowest BCUT2D eigenvalue weighted by molar-refractivity contribution is 0.148. The van der Waals surface area contributed by atoms with Crippen LogP contribution in [0.25, 0.3) is 11.3 Å². The van der Waals surface area contributed by atoms with E-state index in [0.717, 1.165) is 85.3 Å². The maximum absolute atomic E-state index is 15.2. The molecule has 12 nitrogen and oxygen atoms in total. The van der Waals surface area contributed by atoms with Gasteiger partial charge in [-0.05, 0) is 93.1 Å². The monoisotopic (exact) mass is 748 g/mol. The lowest BCUT2D eigenvalue weighted by atomic mass is 9.85. The van der Waals surface area contributed by atoms with Gasteiger partial charge in [0, 0.05) is 56.8 Å². The van der Waals surface area contributed by atoms with E-state index in [4.69, 9.17) is 9.84 Å². The van der Waals surface area contributed by atoms with Crippen molar-refractivity contribution in [2.24, 2.45) is 0 Å². The van der Waals surface area contributed by atoms with Crippen molar-refractivity contribution in [3.8, 4) is 11.4 Å². The number of piperidine rings is 1. The number of rotatable bonds is 8. The molecule has 5 heterocycles. The predicted molar refractivity (Wildman–Crippen MR) is 213 cm³/mol. The Morgan fingerprint density at radius 1 is 0.927 bits per heavy atom. The summed E-state index contributed by atoms with van der Waals surface area (Å²) in [5.41, 5.74) is 4.79. The highest BCUT2D eigenvalue weighted by Gasteiger charge is 2.31. The molecule has 55 heavy (non-hydrogen) atoms. The number of benzene rings is 2. The van der Waals surface area contributed by atoms with E-state index in [0.29, 0.717) is 36.9 Å². The normalized spacial score (nSPS) is 21.1. The first-order valence-corrected chi connectivity index (χ1v) is 19.7. The van der Waals surface area contributed by atoms with Crippen molar-refractivity contribution in [1.29, 1.82) is 0 Å². The molecular weight excluding hydrogens is 696 g/mol. The third-order valence-electron chi connectivity index (χ3n) is 11.3. The van der Waals surface area contributed by atoms with E-state index >= 15 is 4.39 Å². The number of nitrogens with zero attached hydrogens (tertiary/aromatic N) is 8. The van der Waals surface area contributed by atoms with Crippen LogP contribution in [-0.4, -0.2) is 86.0 Å². The number of piperazine rings is 1. The third-order valence-corrected chi connectivity index (χ3v) is 11.3. The summed E-state index contributed by atoms with van der Waals surface area (Å²) in [6.07, 6.45) is 6.73. The first-order chi connectivity index (χ1) is 26.5. The Balaban J connectivity index is 0.992. The zero-order chi connectivity index (χ0) is 38.3. The molecule has 2 aliphatic heterocycles. The Bertz CT molecular complexity index is 2150. The second kappa shape index (κ2) is 15.3. The van der Waals surface area contributed by atoms with Gasteiger partial charge in [-0.3, -0.25) is 14.6 Å². The van der Waals surface area contributed by atoms with E-state index in [-0.39, 0.29) is 29.4 Å². The minimum Gasteiger partial charge on any atom is -0.484 e. The number of urea groups is 1. The van der Waals surface area contributed by atoms with Gasteiger partial charge >= 0.3 is 6.03 Å². The Kier molecular flexibility index (Phi) is 10.2. The number of halogens is 1. The fraction of sp³-hybridized carbons (Fsp3) is 0.476. The molecule has 0 spiro atoms. The summed E-state index contributed by atoms with van der Waals surface area (Å²) in [4.78, 5) is 20.8. The Hall–Kier alpha value is -5.01. The lowest BCUT2D eigenvalue weighted by Crippen LogP contribution is -2.43. The minimum atomic E-state index is -0.354. The van der Waals surface area contributed by atoms with Crippen LogP contribution in [0.4, 0.5) is 21.0 Å². The van der Waals surface area contributed by atoms with Gasteiger partial charge in [0.1, 0.15) is 23.5 Å². The number of likely N-dealkylation sites (N-methyl/N-ethyl adjacent to an activating group) is 1. The average molecular weight is 749 g/mol. The highest BCUT2D eigenvalue weighted by Crippen LogP contribution is 2.39. The van der Waals surface area contributed by atoms with E-state index in [9.17, 15) is 4.79 Å². The summed E-state index contributed by atoms with van der Waals surface area (Å²) in [6, 6.07) is 18.8. The number of pyridine rings is 1. The molecule has 13 heteroatoms. The Morgan fingerprint density at radius 3 is 2.51 bits per heavy atom. The molecule has 5 aromatic rings. The number of hydrogen-bond donors (Lipinski definition) is 2. The average Bonchev–Trinajstić information content (AvgIpc) is 3.78. The number of aromatic nitrogens is 5. The Morgan fingerprint density at radius 2 is 1.73 bits per heavy atom. The smallest absolute Gasteiger partial charge is 0.320 e. The highest BCUT2D eigenvalue weighted by atomic mass is 19.1. The van der Waals surface area contributed by atoms with Gasteiger partial charge < -0.3 is 19.9 Å². The van der Waals surface area contributed by atoms with Crippen molar-refractivity contribution in [2.45, 2.75) is 89.9 Å². The Labute approximate surface area is 322 Å². The van der Waals surface area contributed by atoms with E-state index in [1.165, 1.54) is 12.5 Å². The molecule has 0 saturated carbocycles. The number of carbonyl (C=O) groups is 1. The van der Waals surface area contributed by atoms with Gasteiger partial charge in [-0.25, -0.2) is 13.9 Å². The predicted octanol–water partition coefficient (Wildman–Crippen LogP) is 7.25. The zero-order valence-electron chi connectivity index (χ0n) is 32.6. The van der Waals surface area contributed by atoms with Gasteiger partial charge in [-0.15, -0.1) is 10.2 Å². The number of ether oxygens (including phenoxy) is 1. The van der Waals surface area contributed by atoms with Crippen LogP contribution in [0.3, 0.4) is 0 Å². The second-order valence-corrected chi connectivity index (χ2v) is 16.6. The topological polar surface area (TPSA) is 108 Å². The van der Waals surface area contributed by atoms with Crippen molar-refractivity contribution in [3.05, 3.63) is 95.1 Å². The SMILES string of the molecule is C[C@H]1CCCCN1c1nnc2ccc(O[C@@H]3CC[C@H](NC(=O)Nc4cc(C(C)(C)C)nn4-c4cc(F)cc(CN5CCN(C)CC5)c4)c4ccccc43)cn12. The first-order valence-electron chi connectivity index (χ1n) is 19.7. The quantitative estimate of drug-likeness (QED) is 0.171. The molecule has 290 valence electrons. The molecule has 8 rings (SSSR count). The summed E-state index contributed by atoms with van der Waals surface area (Å²) in [6.45, 7) is 13.9. The maximum atomic E-state index is 15.2. The molecule has 3 atom stereocenters. The molecular formula is C42H53FN10O2.